The van der Waals surface area contributed by atoms with Crippen molar-refractivity contribution in [3.05, 3.63) is 22.7 Å². The molecule has 1 N–H and O–H groups in total. The van der Waals surface area contributed by atoms with Crippen molar-refractivity contribution < 1.29 is 14.3 Å². The Kier molecular flexibility index (Phi) is 4.14. The Morgan fingerprint density at radius 3 is 2.67 bits per heavy atom. The minimum absolute atomic E-state index is 0.0220. The first-order valence-corrected chi connectivity index (χ1v) is 7.17. The average molecular weight is 311 g/mol. The Hall–Kier alpha value is -1.75. The normalized spacial score (nSPS) is 22.2. The van der Waals surface area contributed by atoms with Crippen LogP contribution in [-0.4, -0.2) is 31.0 Å². The number of methoxy groups -OCH3 is 1. The predicted octanol–water partition coefficient (Wildman–Crippen LogP) is 2.29. The summed E-state index contributed by atoms with van der Waals surface area (Å²) in [6.45, 7) is 5.42. The van der Waals surface area contributed by atoms with Gasteiger partial charge in [-0.2, -0.15) is 0 Å². The van der Waals surface area contributed by atoms with Crippen molar-refractivity contribution in [2.24, 2.45) is 0 Å². The molecule has 5 nitrogen and oxygen atoms in total. The van der Waals surface area contributed by atoms with Gasteiger partial charge in [-0.05, 0) is 31.9 Å². The fraction of sp³-hybridized carbons (Fsp3) is 0.467. The number of piperazine rings is 1. The number of hydrogen-bond acceptors (Lipinski definition) is 3. The number of benzene rings is 1. The molecule has 2 amide bonds. The molecule has 114 valence electrons. The number of carbonyl (C=O) groups is 2. The molecule has 0 saturated carbocycles. The number of ether oxygens (including phenoxy) is 1. The summed E-state index contributed by atoms with van der Waals surface area (Å²) in [4.78, 5) is 26.1. The highest BCUT2D eigenvalue weighted by Crippen LogP contribution is 2.36. The zero-order chi connectivity index (χ0) is 15.8. The number of amides is 2. The summed E-state index contributed by atoms with van der Waals surface area (Å²) < 4.78 is 5.31. The lowest BCUT2D eigenvalue weighted by Crippen LogP contribution is -2.65. The molecule has 6 heteroatoms. The van der Waals surface area contributed by atoms with E-state index >= 15 is 0 Å². The van der Waals surface area contributed by atoms with Crippen molar-refractivity contribution in [3.8, 4) is 5.75 Å². The van der Waals surface area contributed by atoms with Gasteiger partial charge in [0.15, 0.2) is 0 Å². The first-order valence-electron chi connectivity index (χ1n) is 6.79. The highest BCUT2D eigenvalue weighted by atomic mass is 35.5. The maximum atomic E-state index is 12.7. The summed E-state index contributed by atoms with van der Waals surface area (Å²) in [6.07, 6.45) is 0.517. The van der Waals surface area contributed by atoms with Crippen LogP contribution in [0.25, 0.3) is 0 Å². The van der Waals surface area contributed by atoms with E-state index in [0.29, 0.717) is 22.9 Å². The molecule has 1 fully saturated rings. The Bertz CT molecular complexity index is 603. The third kappa shape index (κ3) is 2.70. The zero-order valence-electron chi connectivity index (χ0n) is 12.6. The van der Waals surface area contributed by atoms with Gasteiger partial charge in [0, 0.05) is 11.1 Å². The van der Waals surface area contributed by atoms with Gasteiger partial charge in [0.1, 0.15) is 17.8 Å². The molecule has 1 aliphatic heterocycles. The summed E-state index contributed by atoms with van der Waals surface area (Å²) in [7, 11) is 1.51. The summed E-state index contributed by atoms with van der Waals surface area (Å²) in [5.41, 5.74) is 0.497. The largest absolute Gasteiger partial charge is 0.495 e. The average Bonchev–Trinajstić information content (AvgIpc) is 2.45. The van der Waals surface area contributed by atoms with Gasteiger partial charge < -0.3 is 10.1 Å². The molecule has 1 aliphatic rings. The monoisotopic (exact) mass is 310 g/mol. The minimum atomic E-state index is -0.895. The van der Waals surface area contributed by atoms with Crippen LogP contribution >= 0.6 is 11.6 Å². The maximum absolute atomic E-state index is 12.7. The molecular weight excluding hydrogens is 292 g/mol. The lowest BCUT2D eigenvalue weighted by atomic mass is 9.94. The fourth-order valence-corrected chi connectivity index (χ4v) is 2.52. The number of carbonyl (C=O) groups excluding carboxylic acids is 2. The number of hydrogen-bond donors (Lipinski definition) is 1. The molecule has 0 bridgehead atoms. The van der Waals surface area contributed by atoms with Crippen LogP contribution in [0.4, 0.5) is 5.69 Å². The maximum Gasteiger partial charge on any atom is 0.253 e. The fourth-order valence-electron chi connectivity index (χ4n) is 2.37. The lowest BCUT2D eigenvalue weighted by molar-refractivity contribution is -0.135. The van der Waals surface area contributed by atoms with Crippen LogP contribution < -0.4 is 15.0 Å². The second-order valence-electron chi connectivity index (χ2n) is 5.40. The quantitative estimate of drug-likeness (QED) is 0.932. The van der Waals surface area contributed by atoms with E-state index in [2.05, 4.69) is 5.32 Å². The highest BCUT2D eigenvalue weighted by molar-refractivity contribution is 6.31. The van der Waals surface area contributed by atoms with E-state index in [0.717, 1.165) is 5.56 Å². The number of aryl methyl sites for hydroxylation is 1. The molecule has 1 aromatic rings. The third-order valence-corrected chi connectivity index (χ3v) is 4.30. The van der Waals surface area contributed by atoms with Gasteiger partial charge in [0.25, 0.3) is 5.91 Å². The van der Waals surface area contributed by atoms with E-state index in [1.165, 1.54) is 12.0 Å². The number of nitrogens with zero attached hydrogens (tertiary/aromatic N) is 1. The predicted molar refractivity (Wildman–Crippen MR) is 81.9 cm³/mol. The van der Waals surface area contributed by atoms with E-state index in [1.54, 1.807) is 19.1 Å². The number of nitrogens with one attached hydrogen (secondary N) is 1. The standard InChI is InChI=1S/C15H19ClN2O3/c1-5-15(3)14(20)18(8-13(19)17-15)11-6-9(2)10(16)7-12(11)21-4/h6-7H,5,8H2,1-4H3,(H,17,19). The summed E-state index contributed by atoms with van der Waals surface area (Å²) in [6, 6.07) is 3.43. The van der Waals surface area contributed by atoms with Crippen molar-refractivity contribution in [2.45, 2.75) is 32.7 Å². The van der Waals surface area contributed by atoms with Gasteiger partial charge in [-0.1, -0.05) is 18.5 Å². The summed E-state index contributed by atoms with van der Waals surface area (Å²) in [5, 5.41) is 3.32. The molecule has 0 radical (unpaired) electrons. The van der Waals surface area contributed by atoms with Crippen molar-refractivity contribution >= 4 is 29.1 Å². The molecule has 1 unspecified atom stereocenters. The van der Waals surface area contributed by atoms with Gasteiger partial charge in [0.05, 0.1) is 12.8 Å². The Balaban J connectivity index is 2.52. The number of rotatable bonds is 3. The van der Waals surface area contributed by atoms with Crippen LogP contribution in [0.1, 0.15) is 25.8 Å². The van der Waals surface area contributed by atoms with Gasteiger partial charge in [0.2, 0.25) is 5.91 Å². The second kappa shape index (κ2) is 5.56. The van der Waals surface area contributed by atoms with Crippen molar-refractivity contribution in [3.63, 3.8) is 0 Å². The van der Waals surface area contributed by atoms with Crippen LogP contribution in [0.5, 0.6) is 5.75 Å². The second-order valence-corrected chi connectivity index (χ2v) is 5.81. The lowest BCUT2D eigenvalue weighted by Gasteiger charge is -2.39. The molecule has 0 aliphatic carbocycles. The molecule has 1 atom stereocenters. The van der Waals surface area contributed by atoms with E-state index < -0.39 is 5.54 Å². The molecule has 1 heterocycles. The van der Waals surface area contributed by atoms with E-state index in [9.17, 15) is 9.59 Å². The van der Waals surface area contributed by atoms with Crippen LogP contribution in [0, 0.1) is 6.92 Å². The topological polar surface area (TPSA) is 58.6 Å². The van der Waals surface area contributed by atoms with Crippen molar-refractivity contribution in [2.75, 3.05) is 18.6 Å². The Labute approximate surface area is 129 Å². The van der Waals surface area contributed by atoms with E-state index in [4.69, 9.17) is 16.3 Å². The van der Waals surface area contributed by atoms with Crippen LogP contribution in [0.2, 0.25) is 5.02 Å². The molecule has 1 aromatic carbocycles. The van der Waals surface area contributed by atoms with Gasteiger partial charge in [-0.15, -0.1) is 0 Å². The molecule has 0 spiro atoms. The Morgan fingerprint density at radius 1 is 1.43 bits per heavy atom. The molecule has 1 saturated heterocycles. The highest BCUT2D eigenvalue weighted by Gasteiger charge is 2.42. The summed E-state index contributed by atoms with van der Waals surface area (Å²) >= 11 is 6.09. The Morgan fingerprint density at radius 2 is 2.10 bits per heavy atom. The van der Waals surface area contributed by atoms with Gasteiger partial charge in [-0.3, -0.25) is 14.5 Å². The zero-order valence-corrected chi connectivity index (χ0v) is 13.4. The first-order chi connectivity index (χ1) is 9.82. The van der Waals surface area contributed by atoms with Gasteiger partial charge in [-0.25, -0.2) is 0 Å². The van der Waals surface area contributed by atoms with E-state index in [-0.39, 0.29) is 18.4 Å². The SMILES string of the molecule is CCC1(C)NC(=O)CN(c2cc(C)c(Cl)cc2OC)C1=O. The molecule has 21 heavy (non-hydrogen) atoms. The van der Waals surface area contributed by atoms with Crippen LogP contribution in [0.3, 0.4) is 0 Å². The third-order valence-electron chi connectivity index (χ3n) is 3.89. The summed E-state index contributed by atoms with van der Waals surface area (Å²) in [5.74, 6) is 0.144. The molecular formula is C15H19ClN2O3. The number of anilines is 1. The van der Waals surface area contributed by atoms with Crippen molar-refractivity contribution in [1.82, 2.24) is 5.32 Å². The number of halogens is 1. The van der Waals surface area contributed by atoms with E-state index in [1.807, 2.05) is 13.8 Å². The van der Waals surface area contributed by atoms with Crippen LogP contribution in [-0.2, 0) is 9.59 Å². The minimum Gasteiger partial charge on any atom is -0.495 e. The smallest absolute Gasteiger partial charge is 0.253 e. The van der Waals surface area contributed by atoms with Crippen LogP contribution in [0.15, 0.2) is 12.1 Å². The molecule has 0 aromatic heterocycles. The van der Waals surface area contributed by atoms with Crippen molar-refractivity contribution in [1.29, 1.82) is 0 Å². The molecule has 2 rings (SSSR count). The first kappa shape index (κ1) is 15.6. The van der Waals surface area contributed by atoms with Gasteiger partial charge >= 0.3 is 0 Å².